The lowest BCUT2D eigenvalue weighted by Gasteiger charge is -2.37. The number of aryl methyl sites for hydroxylation is 1. The lowest BCUT2D eigenvalue weighted by molar-refractivity contribution is 0.202. The van der Waals surface area contributed by atoms with E-state index in [2.05, 4.69) is 55.4 Å². The second-order valence-electron chi connectivity index (χ2n) is 5.80. The van der Waals surface area contributed by atoms with Gasteiger partial charge in [0.1, 0.15) is 11.3 Å². The van der Waals surface area contributed by atoms with Gasteiger partial charge in [0.2, 0.25) is 0 Å². The second-order valence-corrected chi connectivity index (χ2v) is 6.95. The van der Waals surface area contributed by atoms with Gasteiger partial charge in [0, 0.05) is 29.5 Å². The fourth-order valence-corrected chi connectivity index (χ4v) is 4.36. The second kappa shape index (κ2) is 6.42. The minimum atomic E-state index is 0.264. The standard InChI is InChI=1S/C17H24N2OS/c1-4-18-16(14-11-21-9-8-19(14)3)15-10-13-7-5-6-12(2)17(13)20-15/h5-7,10,14,16,18H,4,8-9,11H2,1-3H3. The molecule has 1 aromatic carbocycles. The smallest absolute Gasteiger partial charge is 0.137 e. The summed E-state index contributed by atoms with van der Waals surface area (Å²) >= 11 is 2.04. The topological polar surface area (TPSA) is 28.4 Å². The molecular formula is C17H24N2OS. The maximum absolute atomic E-state index is 6.22. The van der Waals surface area contributed by atoms with E-state index in [0.717, 1.165) is 30.2 Å². The molecular weight excluding hydrogens is 280 g/mol. The zero-order chi connectivity index (χ0) is 14.8. The highest BCUT2D eigenvalue weighted by Crippen LogP contribution is 2.31. The average molecular weight is 304 g/mol. The Bertz CT molecular complexity index is 610. The van der Waals surface area contributed by atoms with E-state index in [1.807, 2.05) is 11.8 Å². The van der Waals surface area contributed by atoms with Crippen LogP contribution >= 0.6 is 11.8 Å². The first-order valence-electron chi connectivity index (χ1n) is 7.71. The molecule has 21 heavy (non-hydrogen) atoms. The van der Waals surface area contributed by atoms with Crippen LogP contribution in [-0.4, -0.2) is 42.6 Å². The van der Waals surface area contributed by atoms with Crippen molar-refractivity contribution >= 4 is 22.7 Å². The summed E-state index contributed by atoms with van der Waals surface area (Å²) in [6.07, 6.45) is 0. The van der Waals surface area contributed by atoms with Crippen molar-refractivity contribution in [2.45, 2.75) is 25.9 Å². The Labute approximate surface area is 131 Å². The van der Waals surface area contributed by atoms with E-state index in [0.29, 0.717) is 6.04 Å². The minimum absolute atomic E-state index is 0.264. The monoisotopic (exact) mass is 304 g/mol. The van der Waals surface area contributed by atoms with Crippen molar-refractivity contribution in [3.8, 4) is 0 Å². The Hall–Kier alpha value is -0.970. The molecule has 0 spiro atoms. The fraction of sp³-hybridized carbons (Fsp3) is 0.529. The number of rotatable bonds is 4. The summed E-state index contributed by atoms with van der Waals surface area (Å²) in [7, 11) is 2.22. The number of likely N-dealkylation sites (N-methyl/N-ethyl adjacent to an activating group) is 2. The first-order chi connectivity index (χ1) is 10.2. The molecule has 0 aliphatic carbocycles. The van der Waals surface area contributed by atoms with Crippen LogP contribution in [0.15, 0.2) is 28.7 Å². The molecule has 3 rings (SSSR count). The van der Waals surface area contributed by atoms with E-state index in [1.165, 1.54) is 16.7 Å². The van der Waals surface area contributed by atoms with Gasteiger partial charge < -0.3 is 9.73 Å². The largest absolute Gasteiger partial charge is 0.459 e. The summed E-state index contributed by atoms with van der Waals surface area (Å²) in [6, 6.07) is 9.31. The molecule has 1 fully saturated rings. The van der Waals surface area contributed by atoms with Gasteiger partial charge in [-0.25, -0.2) is 0 Å². The maximum atomic E-state index is 6.22. The van der Waals surface area contributed by atoms with Gasteiger partial charge in [-0.2, -0.15) is 11.8 Å². The molecule has 0 saturated carbocycles. The van der Waals surface area contributed by atoms with E-state index in [1.54, 1.807) is 0 Å². The highest BCUT2D eigenvalue weighted by atomic mass is 32.2. The third kappa shape index (κ3) is 2.98. The Morgan fingerprint density at radius 1 is 1.48 bits per heavy atom. The molecule has 114 valence electrons. The number of thioether (sulfide) groups is 1. The number of furan rings is 1. The van der Waals surface area contributed by atoms with Gasteiger partial charge >= 0.3 is 0 Å². The Morgan fingerprint density at radius 3 is 3.05 bits per heavy atom. The summed E-state index contributed by atoms with van der Waals surface area (Å²) in [6.45, 7) is 6.38. The molecule has 3 nitrogen and oxygen atoms in total. The molecule has 4 heteroatoms. The highest BCUT2D eigenvalue weighted by Gasteiger charge is 2.31. The Balaban J connectivity index is 1.96. The normalized spacial score (nSPS) is 21.8. The third-order valence-electron chi connectivity index (χ3n) is 4.32. The van der Waals surface area contributed by atoms with Crippen molar-refractivity contribution in [1.29, 1.82) is 0 Å². The molecule has 2 atom stereocenters. The van der Waals surface area contributed by atoms with Crippen LogP contribution in [0.5, 0.6) is 0 Å². The van der Waals surface area contributed by atoms with Crippen LogP contribution < -0.4 is 5.32 Å². The SMILES string of the molecule is CCNC(c1cc2cccc(C)c2o1)C1CSCCN1C. The molecule has 0 amide bonds. The molecule has 1 N–H and O–H groups in total. The molecule has 2 heterocycles. The highest BCUT2D eigenvalue weighted by molar-refractivity contribution is 7.99. The maximum Gasteiger partial charge on any atom is 0.137 e. The molecule has 1 aromatic heterocycles. The van der Waals surface area contributed by atoms with Gasteiger partial charge in [-0.1, -0.05) is 25.1 Å². The molecule has 1 saturated heterocycles. The van der Waals surface area contributed by atoms with Gasteiger partial charge in [-0.05, 0) is 32.1 Å². The van der Waals surface area contributed by atoms with E-state index in [9.17, 15) is 0 Å². The zero-order valence-electron chi connectivity index (χ0n) is 13.1. The number of nitrogens with one attached hydrogen (secondary N) is 1. The zero-order valence-corrected chi connectivity index (χ0v) is 13.9. The molecule has 1 aliphatic rings. The van der Waals surface area contributed by atoms with Gasteiger partial charge in [-0.15, -0.1) is 0 Å². The number of benzene rings is 1. The van der Waals surface area contributed by atoms with E-state index in [4.69, 9.17) is 4.42 Å². The van der Waals surface area contributed by atoms with Crippen LogP contribution in [0.3, 0.4) is 0 Å². The Kier molecular flexibility index (Phi) is 4.57. The first-order valence-corrected chi connectivity index (χ1v) is 8.86. The number of hydrogen-bond donors (Lipinski definition) is 1. The Morgan fingerprint density at radius 2 is 2.33 bits per heavy atom. The van der Waals surface area contributed by atoms with Crippen molar-refractivity contribution in [2.24, 2.45) is 0 Å². The molecule has 0 radical (unpaired) electrons. The molecule has 2 unspecified atom stereocenters. The molecule has 0 bridgehead atoms. The lowest BCUT2D eigenvalue weighted by atomic mass is 10.0. The van der Waals surface area contributed by atoms with Crippen molar-refractivity contribution < 1.29 is 4.42 Å². The average Bonchev–Trinajstić information content (AvgIpc) is 2.91. The fourth-order valence-electron chi connectivity index (χ4n) is 3.08. The van der Waals surface area contributed by atoms with Crippen molar-refractivity contribution in [2.75, 3.05) is 31.6 Å². The van der Waals surface area contributed by atoms with E-state index in [-0.39, 0.29) is 6.04 Å². The van der Waals surface area contributed by atoms with Crippen LogP contribution in [-0.2, 0) is 0 Å². The predicted octanol–water partition coefficient (Wildman–Crippen LogP) is 3.44. The summed E-state index contributed by atoms with van der Waals surface area (Å²) < 4.78 is 6.22. The lowest BCUT2D eigenvalue weighted by Crippen LogP contribution is -2.47. The first kappa shape index (κ1) is 14.9. The van der Waals surface area contributed by atoms with Crippen LogP contribution in [0.25, 0.3) is 11.0 Å². The minimum Gasteiger partial charge on any atom is -0.459 e. The number of fused-ring (bicyclic) bond motifs is 1. The van der Waals surface area contributed by atoms with Crippen LogP contribution in [0.2, 0.25) is 0 Å². The van der Waals surface area contributed by atoms with Crippen molar-refractivity contribution in [3.05, 3.63) is 35.6 Å². The number of para-hydroxylation sites is 1. The van der Waals surface area contributed by atoms with Gasteiger partial charge in [0.05, 0.1) is 6.04 Å². The van der Waals surface area contributed by atoms with Crippen molar-refractivity contribution in [3.63, 3.8) is 0 Å². The van der Waals surface area contributed by atoms with E-state index < -0.39 is 0 Å². The van der Waals surface area contributed by atoms with Crippen LogP contribution in [0, 0.1) is 6.92 Å². The summed E-state index contributed by atoms with van der Waals surface area (Å²) in [4.78, 5) is 2.46. The van der Waals surface area contributed by atoms with E-state index >= 15 is 0 Å². The summed E-state index contributed by atoms with van der Waals surface area (Å²) in [5.74, 6) is 3.45. The molecule has 2 aromatic rings. The number of nitrogens with zero attached hydrogens (tertiary/aromatic N) is 1. The van der Waals surface area contributed by atoms with Crippen molar-refractivity contribution in [1.82, 2.24) is 10.2 Å². The summed E-state index contributed by atoms with van der Waals surface area (Å²) in [5, 5.41) is 4.84. The molecule has 1 aliphatic heterocycles. The third-order valence-corrected chi connectivity index (χ3v) is 5.37. The number of hydrogen-bond acceptors (Lipinski definition) is 4. The van der Waals surface area contributed by atoms with Crippen LogP contribution in [0.1, 0.15) is 24.3 Å². The van der Waals surface area contributed by atoms with Crippen LogP contribution in [0.4, 0.5) is 0 Å². The van der Waals surface area contributed by atoms with Gasteiger partial charge in [0.15, 0.2) is 0 Å². The van der Waals surface area contributed by atoms with Gasteiger partial charge in [-0.3, -0.25) is 4.90 Å². The predicted molar refractivity (Wildman–Crippen MR) is 91.1 cm³/mol. The van der Waals surface area contributed by atoms with Gasteiger partial charge in [0.25, 0.3) is 0 Å². The quantitative estimate of drug-likeness (QED) is 0.936. The summed E-state index contributed by atoms with van der Waals surface area (Å²) in [5.41, 5.74) is 2.24.